The second-order valence-electron chi connectivity index (χ2n) is 4.88. The Morgan fingerprint density at radius 2 is 1.95 bits per heavy atom. The Morgan fingerprint density at radius 3 is 2.76 bits per heavy atom. The summed E-state index contributed by atoms with van der Waals surface area (Å²) in [4.78, 5) is 16.8. The minimum Gasteiger partial charge on any atom is -0.309 e. The largest absolute Gasteiger partial charge is 0.309 e. The lowest BCUT2D eigenvalue weighted by Gasteiger charge is -2.11. The van der Waals surface area contributed by atoms with Crippen LogP contribution in [-0.2, 0) is 6.54 Å². The van der Waals surface area contributed by atoms with Gasteiger partial charge in [-0.15, -0.1) is 0 Å². The van der Waals surface area contributed by atoms with Crippen molar-refractivity contribution in [2.24, 2.45) is 0 Å². The van der Waals surface area contributed by atoms with Crippen molar-refractivity contribution in [2.75, 3.05) is 0 Å². The molecule has 21 heavy (non-hydrogen) atoms. The molecule has 5 heteroatoms. The number of hydrogen-bond acceptors (Lipinski definition) is 2. The second-order valence-corrected chi connectivity index (χ2v) is 6.65. The van der Waals surface area contributed by atoms with Crippen molar-refractivity contribution < 1.29 is 0 Å². The third-order valence-corrected chi connectivity index (χ3v) is 4.28. The van der Waals surface area contributed by atoms with Crippen LogP contribution in [0.25, 0.3) is 10.9 Å². The van der Waals surface area contributed by atoms with E-state index in [9.17, 15) is 4.79 Å². The van der Waals surface area contributed by atoms with Crippen molar-refractivity contribution in [3.8, 4) is 0 Å². The molecule has 3 nitrogen and oxygen atoms in total. The Hall–Kier alpha value is -1.46. The summed E-state index contributed by atoms with van der Waals surface area (Å²) in [7, 11) is 0. The van der Waals surface area contributed by atoms with Crippen molar-refractivity contribution >= 4 is 42.8 Å². The smallest absolute Gasteiger partial charge is 0.265 e. The van der Waals surface area contributed by atoms with Crippen molar-refractivity contribution in [1.82, 2.24) is 9.55 Å². The predicted octanol–water partition coefficient (Wildman–Crippen LogP) is 4.28. The number of rotatable bonds is 2. The summed E-state index contributed by atoms with van der Waals surface area (Å²) < 4.78 is 3.10. The van der Waals surface area contributed by atoms with Crippen molar-refractivity contribution in [2.45, 2.75) is 13.5 Å². The molecule has 0 bridgehead atoms. The fourth-order valence-electron chi connectivity index (χ4n) is 2.39. The highest BCUT2D eigenvalue weighted by Crippen LogP contribution is 2.20. The van der Waals surface area contributed by atoms with Crippen LogP contribution in [0.5, 0.6) is 0 Å². The van der Waals surface area contributed by atoms with E-state index in [1.807, 2.05) is 37.3 Å². The van der Waals surface area contributed by atoms with Gasteiger partial charge in [-0.25, -0.2) is 0 Å². The molecule has 0 aliphatic rings. The molecule has 0 fully saturated rings. The molecular formula is C16H12Br2N2O. The molecular weight excluding hydrogens is 396 g/mol. The molecule has 3 aromatic rings. The van der Waals surface area contributed by atoms with Crippen molar-refractivity contribution in [3.05, 3.63) is 73.2 Å². The maximum atomic E-state index is 12.2. The Balaban J connectivity index is 2.17. The fraction of sp³-hybridized carbons (Fsp3) is 0.125. The molecule has 0 aliphatic carbocycles. The number of fused-ring (bicyclic) bond motifs is 1. The van der Waals surface area contributed by atoms with Crippen LogP contribution in [0.3, 0.4) is 0 Å². The average Bonchev–Trinajstić information content (AvgIpc) is 2.44. The van der Waals surface area contributed by atoms with Crippen LogP contribution in [0.4, 0.5) is 0 Å². The van der Waals surface area contributed by atoms with Gasteiger partial charge in [-0.1, -0.05) is 18.2 Å². The van der Waals surface area contributed by atoms with E-state index in [-0.39, 0.29) is 5.56 Å². The van der Waals surface area contributed by atoms with Crippen molar-refractivity contribution in [1.29, 1.82) is 0 Å². The first kappa shape index (κ1) is 14.5. The Morgan fingerprint density at radius 1 is 1.19 bits per heavy atom. The summed E-state index contributed by atoms with van der Waals surface area (Å²) in [6.45, 7) is 2.48. The van der Waals surface area contributed by atoms with Gasteiger partial charge in [0.1, 0.15) is 0 Å². The van der Waals surface area contributed by atoms with Gasteiger partial charge in [0.05, 0.1) is 16.5 Å². The summed E-state index contributed by atoms with van der Waals surface area (Å²) in [6, 6.07) is 11.8. The van der Waals surface area contributed by atoms with E-state index >= 15 is 0 Å². The minimum absolute atomic E-state index is 0.0447. The van der Waals surface area contributed by atoms with E-state index < -0.39 is 0 Å². The number of aryl methyl sites for hydroxylation is 1. The van der Waals surface area contributed by atoms with Gasteiger partial charge in [0, 0.05) is 21.7 Å². The SMILES string of the molecule is Cc1cc(Cn2cc(Br)cc(Br)c2=O)c2ccccc2n1. The van der Waals surface area contributed by atoms with Gasteiger partial charge in [0.2, 0.25) is 0 Å². The highest BCUT2D eigenvalue weighted by atomic mass is 79.9. The topological polar surface area (TPSA) is 34.9 Å². The lowest BCUT2D eigenvalue weighted by Crippen LogP contribution is -2.21. The molecule has 2 heterocycles. The molecule has 0 aliphatic heterocycles. The Bertz CT molecular complexity index is 887. The molecule has 0 saturated carbocycles. The van der Waals surface area contributed by atoms with Crippen molar-refractivity contribution in [3.63, 3.8) is 0 Å². The third kappa shape index (κ3) is 2.94. The first-order valence-electron chi connectivity index (χ1n) is 6.45. The summed E-state index contributed by atoms with van der Waals surface area (Å²) >= 11 is 6.72. The molecule has 106 valence electrons. The predicted molar refractivity (Wildman–Crippen MR) is 91.7 cm³/mol. The van der Waals surface area contributed by atoms with Gasteiger partial charge in [-0.2, -0.15) is 0 Å². The maximum Gasteiger partial charge on any atom is 0.265 e. The standard InChI is InChI=1S/C16H12Br2N2O/c1-10-6-11(13-4-2-3-5-15(13)19-10)8-20-9-12(17)7-14(18)16(20)21/h2-7,9H,8H2,1H3. The lowest BCUT2D eigenvalue weighted by atomic mass is 10.1. The van der Waals surface area contributed by atoms with E-state index in [0.29, 0.717) is 11.0 Å². The number of nitrogens with zero attached hydrogens (tertiary/aromatic N) is 2. The first-order valence-corrected chi connectivity index (χ1v) is 8.04. The number of aromatic nitrogens is 2. The number of halogens is 2. The van der Waals surface area contributed by atoms with Gasteiger partial charge in [0.15, 0.2) is 0 Å². The van der Waals surface area contributed by atoms with Gasteiger partial charge < -0.3 is 4.57 Å². The Kier molecular flexibility index (Phi) is 3.95. The molecule has 0 N–H and O–H groups in total. The minimum atomic E-state index is -0.0447. The molecule has 0 radical (unpaired) electrons. The van der Waals surface area contributed by atoms with Crippen LogP contribution in [-0.4, -0.2) is 9.55 Å². The molecule has 0 spiro atoms. The number of pyridine rings is 2. The van der Waals surface area contributed by atoms with Crippen LogP contribution in [0.1, 0.15) is 11.3 Å². The molecule has 3 rings (SSSR count). The zero-order valence-electron chi connectivity index (χ0n) is 11.3. The van der Waals surface area contributed by atoms with Crippen LogP contribution in [0, 0.1) is 6.92 Å². The monoisotopic (exact) mass is 406 g/mol. The van der Waals surface area contributed by atoms with E-state index in [0.717, 1.165) is 26.6 Å². The fourth-order valence-corrected chi connectivity index (χ4v) is 3.65. The maximum absolute atomic E-state index is 12.2. The second kappa shape index (κ2) is 5.73. The Labute approximate surface area is 138 Å². The van der Waals surface area contributed by atoms with Crippen LogP contribution in [0.2, 0.25) is 0 Å². The summed E-state index contributed by atoms with van der Waals surface area (Å²) in [5.74, 6) is 0. The van der Waals surface area contributed by atoms with Crippen LogP contribution < -0.4 is 5.56 Å². The van der Waals surface area contributed by atoms with E-state index in [1.54, 1.807) is 16.8 Å². The summed E-state index contributed by atoms with van der Waals surface area (Å²) in [5, 5.41) is 1.08. The number of hydrogen-bond donors (Lipinski definition) is 0. The van der Waals surface area contributed by atoms with E-state index in [1.165, 1.54) is 0 Å². The van der Waals surface area contributed by atoms with Gasteiger partial charge in [-0.05, 0) is 62.5 Å². The number of para-hydroxylation sites is 1. The average molecular weight is 408 g/mol. The van der Waals surface area contributed by atoms with Crippen LogP contribution >= 0.6 is 31.9 Å². The molecule has 0 atom stereocenters. The first-order chi connectivity index (χ1) is 10.0. The highest BCUT2D eigenvalue weighted by molar-refractivity contribution is 9.11. The molecule has 0 amide bonds. The molecule has 0 unspecified atom stereocenters. The lowest BCUT2D eigenvalue weighted by molar-refractivity contribution is 0.754. The molecule has 2 aromatic heterocycles. The van der Waals surface area contributed by atoms with Gasteiger partial charge >= 0.3 is 0 Å². The van der Waals surface area contributed by atoms with Gasteiger partial charge in [-0.3, -0.25) is 9.78 Å². The van der Waals surface area contributed by atoms with E-state index in [2.05, 4.69) is 36.8 Å². The third-order valence-electron chi connectivity index (χ3n) is 3.28. The summed E-state index contributed by atoms with van der Waals surface area (Å²) in [5.41, 5.74) is 2.95. The molecule has 0 saturated heterocycles. The van der Waals surface area contributed by atoms with Crippen LogP contribution in [0.15, 0.2) is 56.3 Å². The molecule has 1 aromatic carbocycles. The van der Waals surface area contributed by atoms with Gasteiger partial charge in [0.25, 0.3) is 5.56 Å². The number of benzene rings is 1. The normalized spacial score (nSPS) is 11.0. The zero-order chi connectivity index (χ0) is 15.0. The highest BCUT2D eigenvalue weighted by Gasteiger charge is 2.08. The zero-order valence-corrected chi connectivity index (χ0v) is 14.5. The quantitative estimate of drug-likeness (QED) is 0.635. The summed E-state index contributed by atoms with van der Waals surface area (Å²) in [6.07, 6.45) is 1.80. The van der Waals surface area contributed by atoms with E-state index in [4.69, 9.17) is 0 Å².